The van der Waals surface area contributed by atoms with Crippen LogP contribution in [0.2, 0.25) is 0 Å². The number of nitrogens with zero attached hydrogens (tertiary/aromatic N) is 2. The molecule has 0 saturated heterocycles. The van der Waals surface area contributed by atoms with E-state index in [4.69, 9.17) is 10.2 Å². The minimum atomic E-state index is -0.584. The summed E-state index contributed by atoms with van der Waals surface area (Å²) in [6, 6.07) is 0.489. The Morgan fingerprint density at radius 3 is 2.47 bits per heavy atom. The molecule has 0 radical (unpaired) electrons. The SMILES string of the molecule is CC(C)CC1(CNc2nnc(C(C)(C)N)o2)CCC1. The van der Waals surface area contributed by atoms with Crippen molar-refractivity contribution in [3.8, 4) is 0 Å². The molecule has 0 spiro atoms. The maximum absolute atomic E-state index is 5.93. The first-order chi connectivity index (χ1) is 8.81. The van der Waals surface area contributed by atoms with E-state index in [1.54, 1.807) is 0 Å². The van der Waals surface area contributed by atoms with Gasteiger partial charge in [-0.25, -0.2) is 0 Å². The first-order valence-electron chi connectivity index (χ1n) is 7.17. The summed E-state index contributed by atoms with van der Waals surface area (Å²) in [6.45, 7) is 9.19. The zero-order chi connectivity index (χ0) is 14.1. The normalized spacial score (nSPS) is 18.4. The lowest BCUT2D eigenvalue weighted by molar-refractivity contribution is 0.116. The maximum atomic E-state index is 5.93. The molecule has 1 aliphatic rings. The van der Waals surface area contributed by atoms with E-state index in [0.29, 0.717) is 17.3 Å². The van der Waals surface area contributed by atoms with Crippen LogP contribution in [0, 0.1) is 11.3 Å². The monoisotopic (exact) mass is 266 g/mol. The van der Waals surface area contributed by atoms with Crippen molar-refractivity contribution in [3.05, 3.63) is 5.89 Å². The van der Waals surface area contributed by atoms with Gasteiger partial charge in [0, 0.05) is 6.54 Å². The van der Waals surface area contributed by atoms with E-state index in [-0.39, 0.29) is 0 Å². The molecule has 0 aliphatic heterocycles. The summed E-state index contributed by atoms with van der Waals surface area (Å²) >= 11 is 0. The molecule has 0 amide bonds. The third-order valence-corrected chi connectivity index (χ3v) is 3.85. The van der Waals surface area contributed by atoms with Crippen LogP contribution in [0.15, 0.2) is 4.42 Å². The van der Waals surface area contributed by atoms with Gasteiger partial charge in [0.2, 0.25) is 5.89 Å². The highest BCUT2D eigenvalue weighted by atomic mass is 16.4. The third-order valence-electron chi connectivity index (χ3n) is 3.85. The smallest absolute Gasteiger partial charge is 0.315 e. The fraction of sp³-hybridized carbons (Fsp3) is 0.857. The molecule has 0 aromatic carbocycles. The average molecular weight is 266 g/mol. The second kappa shape index (κ2) is 5.12. The van der Waals surface area contributed by atoms with E-state index in [1.165, 1.54) is 25.7 Å². The Labute approximate surface area is 115 Å². The molecule has 5 nitrogen and oxygen atoms in total. The Hall–Kier alpha value is -1.10. The van der Waals surface area contributed by atoms with Crippen molar-refractivity contribution < 1.29 is 4.42 Å². The summed E-state index contributed by atoms with van der Waals surface area (Å²) in [5.41, 5.74) is 5.76. The molecule has 0 unspecified atom stereocenters. The van der Waals surface area contributed by atoms with Crippen molar-refractivity contribution in [2.75, 3.05) is 11.9 Å². The van der Waals surface area contributed by atoms with E-state index in [1.807, 2.05) is 13.8 Å². The lowest BCUT2D eigenvalue weighted by atomic mass is 9.64. The molecule has 3 N–H and O–H groups in total. The first-order valence-corrected chi connectivity index (χ1v) is 7.17. The molecule has 1 aliphatic carbocycles. The van der Waals surface area contributed by atoms with Crippen LogP contribution in [-0.4, -0.2) is 16.7 Å². The maximum Gasteiger partial charge on any atom is 0.315 e. The Morgan fingerprint density at radius 2 is 2.05 bits per heavy atom. The summed E-state index contributed by atoms with van der Waals surface area (Å²) in [6.07, 6.45) is 5.17. The molecule has 0 atom stereocenters. The van der Waals surface area contributed by atoms with E-state index in [0.717, 1.165) is 12.5 Å². The Morgan fingerprint density at radius 1 is 1.37 bits per heavy atom. The van der Waals surface area contributed by atoms with Gasteiger partial charge in [0.15, 0.2) is 0 Å². The van der Waals surface area contributed by atoms with Crippen molar-refractivity contribution in [2.45, 2.75) is 58.9 Å². The van der Waals surface area contributed by atoms with Gasteiger partial charge >= 0.3 is 6.01 Å². The highest BCUT2D eigenvalue weighted by molar-refractivity contribution is 5.19. The molecule has 1 saturated carbocycles. The lowest BCUT2D eigenvalue weighted by Gasteiger charge is -2.43. The molecule has 0 bridgehead atoms. The second-order valence-corrected chi connectivity index (χ2v) is 6.94. The van der Waals surface area contributed by atoms with Crippen LogP contribution >= 0.6 is 0 Å². The van der Waals surface area contributed by atoms with Crippen molar-refractivity contribution in [1.82, 2.24) is 10.2 Å². The molecule has 1 heterocycles. The van der Waals surface area contributed by atoms with E-state index in [2.05, 4.69) is 29.4 Å². The molecule has 19 heavy (non-hydrogen) atoms. The van der Waals surface area contributed by atoms with Crippen LogP contribution in [0.5, 0.6) is 0 Å². The summed E-state index contributed by atoms with van der Waals surface area (Å²) in [7, 11) is 0. The zero-order valence-corrected chi connectivity index (χ0v) is 12.5. The van der Waals surface area contributed by atoms with Crippen LogP contribution in [-0.2, 0) is 5.54 Å². The topological polar surface area (TPSA) is 77.0 Å². The van der Waals surface area contributed by atoms with Crippen LogP contribution < -0.4 is 11.1 Å². The van der Waals surface area contributed by atoms with Crippen LogP contribution in [0.1, 0.15) is 59.3 Å². The predicted octanol–water partition coefficient (Wildman–Crippen LogP) is 2.89. The molecular weight excluding hydrogens is 240 g/mol. The molecule has 1 aromatic rings. The minimum Gasteiger partial charge on any atom is -0.406 e. The number of rotatable bonds is 6. The second-order valence-electron chi connectivity index (χ2n) is 6.94. The van der Waals surface area contributed by atoms with Gasteiger partial charge in [0.05, 0.1) is 5.54 Å². The van der Waals surface area contributed by atoms with Gasteiger partial charge in [0.25, 0.3) is 0 Å². The summed E-state index contributed by atoms with van der Waals surface area (Å²) < 4.78 is 5.56. The highest BCUT2D eigenvalue weighted by Gasteiger charge is 2.37. The number of hydrogen-bond acceptors (Lipinski definition) is 5. The number of hydrogen-bond donors (Lipinski definition) is 2. The van der Waals surface area contributed by atoms with Crippen molar-refractivity contribution in [2.24, 2.45) is 17.1 Å². The molecule has 2 rings (SSSR count). The van der Waals surface area contributed by atoms with E-state index < -0.39 is 5.54 Å². The number of aromatic nitrogens is 2. The standard InChI is InChI=1S/C14H26N4O/c1-10(2)8-14(6-5-7-14)9-16-12-18-17-11(19-12)13(3,4)15/h10H,5-9,15H2,1-4H3,(H,16,18). The molecular formula is C14H26N4O. The van der Waals surface area contributed by atoms with Gasteiger partial charge < -0.3 is 15.5 Å². The number of anilines is 1. The molecule has 108 valence electrons. The Kier molecular flexibility index (Phi) is 3.85. The Bertz CT molecular complexity index is 415. The molecule has 1 aromatic heterocycles. The number of nitrogens with two attached hydrogens (primary N) is 1. The van der Waals surface area contributed by atoms with E-state index in [9.17, 15) is 0 Å². The zero-order valence-electron chi connectivity index (χ0n) is 12.5. The summed E-state index contributed by atoms with van der Waals surface area (Å²) in [5.74, 6) is 1.20. The molecule has 5 heteroatoms. The average Bonchev–Trinajstić information content (AvgIpc) is 2.69. The van der Waals surface area contributed by atoms with Gasteiger partial charge in [0.1, 0.15) is 0 Å². The third kappa shape index (κ3) is 3.47. The van der Waals surface area contributed by atoms with Crippen molar-refractivity contribution in [3.63, 3.8) is 0 Å². The summed E-state index contributed by atoms with van der Waals surface area (Å²) in [5, 5.41) is 11.3. The first kappa shape index (κ1) is 14.3. The minimum absolute atomic E-state index is 0.418. The van der Waals surface area contributed by atoms with Gasteiger partial charge in [-0.1, -0.05) is 25.4 Å². The van der Waals surface area contributed by atoms with Crippen molar-refractivity contribution in [1.29, 1.82) is 0 Å². The van der Waals surface area contributed by atoms with Gasteiger partial charge in [-0.05, 0) is 44.4 Å². The van der Waals surface area contributed by atoms with Crippen LogP contribution in [0.25, 0.3) is 0 Å². The highest BCUT2D eigenvalue weighted by Crippen LogP contribution is 2.45. The lowest BCUT2D eigenvalue weighted by Crippen LogP contribution is -2.37. The van der Waals surface area contributed by atoms with Gasteiger partial charge in [-0.3, -0.25) is 0 Å². The van der Waals surface area contributed by atoms with Gasteiger partial charge in [-0.15, -0.1) is 5.10 Å². The quantitative estimate of drug-likeness (QED) is 0.828. The van der Waals surface area contributed by atoms with Crippen LogP contribution in [0.3, 0.4) is 0 Å². The predicted molar refractivity (Wildman–Crippen MR) is 75.7 cm³/mol. The van der Waals surface area contributed by atoms with Crippen molar-refractivity contribution >= 4 is 6.01 Å². The largest absolute Gasteiger partial charge is 0.406 e. The summed E-state index contributed by atoms with van der Waals surface area (Å²) in [4.78, 5) is 0. The van der Waals surface area contributed by atoms with Gasteiger partial charge in [-0.2, -0.15) is 0 Å². The molecule has 1 fully saturated rings. The fourth-order valence-corrected chi connectivity index (χ4v) is 2.81. The fourth-order valence-electron chi connectivity index (χ4n) is 2.81. The van der Waals surface area contributed by atoms with Crippen LogP contribution in [0.4, 0.5) is 6.01 Å². The Balaban J connectivity index is 1.93. The number of nitrogens with one attached hydrogen (secondary N) is 1. The van der Waals surface area contributed by atoms with E-state index >= 15 is 0 Å².